The number of aliphatic hydroxyl groups is 1. The molecule has 0 bridgehead atoms. The number of benzene rings is 1. The molecule has 0 saturated heterocycles. The molecule has 1 aliphatic rings. The molecule has 0 heterocycles. The van der Waals surface area contributed by atoms with Gasteiger partial charge in [-0.3, -0.25) is 0 Å². The highest BCUT2D eigenvalue weighted by Crippen LogP contribution is 2.41. The zero-order chi connectivity index (χ0) is 15.5. The fourth-order valence-corrected chi connectivity index (χ4v) is 2.79. The average molecular weight is 278 g/mol. The van der Waals surface area contributed by atoms with Crippen LogP contribution >= 0.6 is 0 Å². The Morgan fingerprint density at radius 2 is 1.81 bits per heavy atom. The van der Waals surface area contributed by atoms with Crippen molar-refractivity contribution in [1.29, 1.82) is 0 Å². The van der Waals surface area contributed by atoms with Crippen LogP contribution in [0.3, 0.4) is 0 Å². The van der Waals surface area contributed by atoms with Crippen molar-refractivity contribution >= 4 is 0 Å². The lowest BCUT2D eigenvalue weighted by molar-refractivity contribution is 0.276. The first kappa shape index (κ1) is 15.1. The minimum atomic E-state index is -0.496. The van der Waals surface area contributed by atoms with Crippen LogP contribution in [0.4, 0.5) is 0 Å². The number of aliphatic hydroxyl groups excluding tert-OH is 1. The van der Waals surface area contributed by atoms with Gasteiger partial charge in [0.05, 0.1) is 5.41 Å². The number of rotatable bonds is 4. The summed E-state index contributed by atoms with van der Waals surface area (Å²) < 4.78 is 0. The van der Waals surface area contributed by atoms with E-state index in [1.54, 1.807) is 6.08 Å². The van der Waals surface area contributed by atoms with Gasteiger partial charge in [0, 0.05) is 0 Å². The number of hydrogen-bond donors (Lipinski definition) is 1. The molecule has 0 spiro atoms. The molecule has 1 aliphatic carbocycles. The van der Waals surface area contributed by atoms with E-state index in [4.69, 9.17) is 0 Å². The van der Waals surface area contributed by atoms with E-state index in [-0.39, 0.29) is 0 Å². The van der Waals surface area contributed by atoms with E-state index in [0.717, 1.165) is 17.6 Å². The van der Waals surface area contributed by atoms with E-state index in [0.29, 0.717) is 5.76 Å². The molecule has 0 aromatic heterocycles. The van der Waals surface area contributed by atoms with Crippen molar-refractivity contribution in [1.82, 2.24) is 0 Å². The van der Waals surface area contributed by atoms with E-state index in [1.807, 2.05) is 31.2 Å². The van der Waals surface area contributed by atoms with Gasteiger partial charge in [-0.1, -0.05) is 67.3 Å². The Balaban J connectivity index is 2.51. The zero-order valence-corrected chi connectivity index (χ0v) is 12.8. The van der Waals surface area contributed by atoms with Crippen LogP contribution in [-0.4, -0.2) is 5.11 Å². The highest BCUT2D eigenvalue weighted by molar-refractivity contribution is 5.50. The number of allylic oxidation sites excluding steroid dienone is 7. The molecule has 1 nitrogen and oxygen atoms in total. The minimum Gasteiger partial charge on any atom is -0.511 e. The van der Waals surface area contributed by atoms with Gasteiger partial charge in [-0.15, -0.1) is 0 Å². The SMILES string of the molecule is C=CC1=C(C=C)C(C)(Cc2ccc(C)cc2)C(O)=CC=C1. The minimum absolute atomic E-state index is 0.353. The van der Waals surface area contributed by atoms with Gasteiger partial charge >= 0.3 is 0 Å². The molecule has 0 fully saturated rings. The normalized spacial score (nSPS) is 21.7. The van der Waals surface area contributed by atoms with E-state index in [2.05, 4.69) is 44.3 Å². The third-order valence-corrected chi connectivity index (χ3v) is 4.10. The molecule has 1 aromatic carbocycles. The van der Waals surface area contributed by atoms with E-state index >= 15 is 0 Å². The number of hydrogen-bond acceptors (Lipinski definition) is 1. The van der Waals surface area contributed by atoms with Crippen LogP contribution in [0.15, 0.2) is 84.7 Å². The highest BCUT2D eigenvalue weighted by Gasteiger charge is 2.34. The lowest BCUT2D eigenvalue weighted by Gasteiger charge is -2.31. The van der Waals surface area contributed by atoms with Gasteiger partial charge in [0.25, 0.3) is 0 Å². The van der Waals surface area contributed by atoms with Gasteiger partial charge in [-0.05, 0) is 43.1 Å². The molecule has 1 unspecified atom stereocenters. The molecule has 1 aromatic rings. The fraction of sp³-hybridized carbons (Fsp3) is 0.200. The summed E-state index contributed by atoms with van der Waals surface area (Å²) >= 11 is 0. The second-order valence-corrected chi connectivity index (χ2v) is 5.68. The lowest BCUT2D eigenvalue weighted by atomic mass is 9.73. The second kappa shape index (κ2) is 6.01. The first-order chi connectivity index (χ1) is 10.0. The Morgan fingerprint density at radius 3 is 2.38 bits per heavy atom. The standard InChI is InChI=1S/C20H22O/c1-5-17-8-7-9-19(21)20(4,18(17)6-2)14-16-12-10-15(3)11-13-16/h5-13,21H,1-2,14H2,3-4H3. The van der Waals surface area contributed by atoms with Crippen LogP contribution in [0.5, 0.6) is 0 Å². The van der Waals surface area contributed by atoms with Gasteiger partial charge in [0.15, 0.2) is 0 Å². The summed E-state index contributed by atoms with van der Waals surface area (Å²) in [7, 11) is 0. The molecule has 0 aliphatic heterocycles. The van der Waals surface area contributed by atoms with Gasteiger partial charge < -0.3 is 5.11 Å². The molecule has 1 heteroatoms. The summed E-state index contributed by atoms with van der Waals surface area (Å²) in [6.45, 7) is 11.9. The summed E-state index contributed by atoms with van der Waals surface area (Å²) in [5.74, 6) is 0.353. The monoisotopic (exact) mass is 278 g/mol. The maximum absolute atomic E-state index is 10.5. The van der Waals surface area contributed by atoms with Crippen LogP contribution in [0.25, 0.3) is 0 Å². The molecule has 2 rings (SSSR count). The molecule has 1 N–H and O–H groups in total. The molecule has 1 atom stereocenters. The molecule has 108 valence electrons. The van der Waals surface area contributed by atoms with Gasteiger partial charge in [0.2, 0.25) is 0 Å². The Kier molecular flexibility index (Phi) is 4.32. The third-order valence-electron chi connectivity index (χ3n) is 4.10. The van der Waals surface area contributed by atoms with E-state index in [9.17, 15) is 5.11 Å². The van der Waals surface area contributed by atoms with Crippen molar-refractivity contribution < 1.29 is 5.11 Å². The highest BCUT2D eigenvalue weighted by atomic mass is 16.3. The van der Waals surface area contributed by atoms with Crippen LogP contribution < -0.4 is 0 Å². The largest absolute Gasteiger partial charge is 0.511 e. The average Bonchev–Trinajstić information content (AvgIpc) is 2.59. The van der Waals surface area contributed by atoms with Crippen LogP contribution in [0.1, 0.15) is 18.1 Å². The molecule has 0 radical (unpaired) electrons. The summed E-state index contributed by atoms with van der Waals surface area (Å²) in [6, 6.07) is 8.42. The maximum atomic E-state index is 10.5. The van der Waals surface area contributed by atoms with Crippen molar-refractivity contribution in [3.05, 3.63) is 95.8 Å². The van der Waals surface area contributed by atoms with Crippen molar-refractivity contribution in [2.45, 2.75) is 20.3 Å². The summed E-state index contributed by atoms with van der Waals surface area (Å²) in [6.07, 6.45) is 9.93. The summed E-state index contributed by atoms with van der Waals surface area (Å²) in [5, 5.41) is 10.5. The maximum Gasteiger partial charge on any atom is 0.103 e. The van der Waals surface area contributed by atoms with Gasteiger partial charge in [-0.25, -0.2) is 0 Å². The van der Waals surface area contributed by atoms with Crippen molar-refractivity contribution in [3.63, 3.8) is 0 Å². The predicted octanol–water partition coefficient (Wildman–Crippen LogP) is 5.22. The quantitative estimate of drug-likeness (QED) is 0.800. The number of aryl methyl sites for hydroxylation is 1. The Hall–Kier alpha value is -2.28. The molecule has 21 heavy (non-hydrogen) atoms. The first-order valence-corrected chi connectivity index (χ1v) is 7.14. The fourth-order valence-electron chi connectivity index (χ4n) is 2.79. The second-order valence-electron chi connectivity index (χ2n) is 5.68. The van der Waals surface area contributed by atoms with Crippen molar-refractivity contribution in [3.8, 4) is 0 Å². The summed E-state index contributed by atoms with van der Waals surface area (Å²) in [5.41, 5.74) is 3.93. The predicted molar refractivity (Wildman–Crippen MR) is 90.3 cm³/mol. The van der Waals surface area contributed by atoms with Gasteiger partial charge in [0.1, 0.15) is 5.76 Å². The van der Waals surface area contributed by atoms with Gasteiger partial charge in [-0.2, -0.15) is 0 Å². The third kappa shape index (κ3) is 2.92. The van der Waals surface area contributed by atoms with Crippen LogP contribution in [0, 0.1) is 12.3 Å². The summed E-state index contributed by atoms with van der Waals surface area (Å²) in [4.78, 5) is 0. The molecular weight excluding hydrogens is 256 g/mol. The Morgan fingerprint density at radius 1 is 1.14 bits per heavy atom. The molecule has 0 saturated carbocycles. The molecule has 0 amide bonds. The molecular formula is C20H22O. The Bertz CT molecular complexity index is 641. The van der Waals surface area contributed by atoms with E-state index in [1.165, 1.54) is 11.1 Å². The first-order valence-electron chi connectivity index (χ1n) is 7.14. The van der Waals surface area contributed by atoms with E-state index < -0.39 is 5.41 Å². The Labute approximate surface area is 127 Å². The lowest BCUT2D eigenvalue weighted by Crippen LogP contribution is -2.25. The smallest absolute Gasteiger partial charge is 0.103 e. The zero-order valence-electron chi connectivity index (χ0n) is 12.8. The van der Waals surface area contributed by atoms with Crippen molar-refractivity contribution in [2.75, 3.05) is 0 Å². The van der Waals surface area contributed by atoms with Crippen LogP contribution in [-0.2, 0) is 6.42 Å². The van der Waals surface area contributed by atoms with Crippen LogP contribution in [0.2, 0.25) is 0 Å². The topological polar surface area (TPSA) is 20.2 Å². The van der Waals surface area contributed by atoms with Crippen molar-refractivity contribution in [2.24, 2.45) is 5.41 Å².